The van der Waals surface area contributed by atoms with Crippen molar-refractivity contribution < 1.29 is 23.2 Å². The summed E-state index contributed by atoms with van der Waals surface area (Å²) in [7, 11) is 3.85. The summed E-state index contributed by atoms with van der Waals surface area (Å²) in [6, 6.07) is 5.36. The second-order valence-corrected chi connectivity index (χ2v) is 14.6. The Morgan fingerprint density at radius 1 is 1.09 bits per heavy atom. The first-order chi connectivity index (χ1) is 25.5. The van der Waals surface area contributed by atoms with Gasteiger partial charge in [0, 0.05) is 57.7 Å². The number of para-hydroxylation sites is 1. The van der Waals surface area contributed by atoms with Gasteiger partial charge in [-0.3, -0.25) is 33.5 Å². The smallest absolute Gasteiger partial charge is 0.329 e. The molecule has 2 aliphatic heterocycles. The number of anilines is 2. The van der Waals surface area contributed by atoms with Crippen LogP contribution >= 0.6 is 0 Å². The van der Waals surface area contributed by atoms with E-state index in [1.165, 1.54) is 21.5 Å². The topological polar surface area (TPSA) is 157 Å². The third-order valence-corrected chi connectivity index (χ3v) is 11.1. The molecule has 53 heavy (non-hydrogen) atoms. The third kappa shape index (κ3) is 6.25. The Kier molecular flexibility index (Phi) is 8.83. The molecule has 8 rings (SSSR count). The maximum atomic E-state index is 14.0. The largest absolute Gasteiger partial charge is 0.370 e. The Morgan fingerprint density at radius 3 is 2.60 bits per heavy atom. The van der Waals surface area contributed by atoms with Crippen molar-refractivity contribution in [2.24, 2.45) is 13.0 Å². The summed E-state index contributed by atoms with van der Waals surface area (Å²) in [4.78, 5) is 59.8. The molecule has 3 aliphatic rings. The number of carbonyl (C=O) groups is 3. The number of hydrogen-bond donors (Lipinski definition) is 2. The van der Waals surface area contributed by atoms with Crippen LogP contribution in [0.25, 0.3) is 16.7 Å². The van der Waals surface area contributed by atoms with Gasteiger partial charge in [-0.15, -0.1) is 0 Å². The van der Waals surface area contributed by atoms with Gasteiger partial charge in [-0.25, -0.2) is 23.1 Å². The van der Waals surface area contributed by atoms with Gasteiger partial charge >= 0.3 is 5.69 Å². The van der Waals surface area contributed by atoms with Gasteiger partial charge in [0.25, 0.3) is 12.3 Å². The van der Waals surface area contributed by atoms with Gasteiger partial charge in [-0.1, -0.05) is 6.07 Å². The number of alkyl halides is 2. The Bertz CT molecular complexity index is 2290. The number of aromatic nitrogens is 7. The average Bonchev–Trinajstić information content (AvgIpc) is 3.80. The molecule has 0 radical (unpaired) electrons. The maximum absolute atomic E-state index is 14.0. The SMILES string of the molecule is Cc1cnc2c(C(=O)Nc3cn([C@H]4C[C@H](CN(C)C5CCN(c6cccc7c6n(C)c(=O)n7C6CCC(=O)NC6=O)CC5)C4)nc3C(F)F)cnn2c1. The van der Waals surface area contributed by atoms with E-state index < -0.39 is 30.0 Å². The zero-order chi connectivity index (χ0) is 37.1. The number of amides is 3. The molecule has 17 heteroatoms. The lowest BCUT2D eigenvalue weighted by Gasteiger charge is -2.42. The van der Waals surface area contributed by atoms with E-state index in [1.807, 2.05) is 25.1 Å². The predicted molar refractivity (Wildman–Crippen MR) is 191 cm³/mol. The minimum atomic E-state index is -2.86. The molecule has 2 saturated heterocycles. The van der Waals surface area contributed by atoms with E-state index in [0.29, 0.717) is 23.1 Å². The summed E-state index contributed by atoms with van der Waals surface area (Å²) < 4.78 is 34.2. The minimum Gasteiger partial charge on any atom is -0.370 e. The number of carbonyl (C=O) groups excluding carboxylic acids is 3. The van der Waals surface area contributed by atoms with Crippen LogP contribution in [0.1, 0.15) is 78.6 Å². The van der Waals surface area contributed by atoms with Crippen LogP contribution in [-0.4, -0.2) is 88.9 Å². The Hall–Kier alpha value is -5.45. The molecule has 1 saturated carbocycles. The Morgan fingerprint density at radius 2 is 1.87 bits per heavy atom. The number of nitrogens with one attached hydrogen (secondary N) is 2. The molecule has 1 aliphatic carbocycles. The normalized spacial score (nSPS) is 21.2. The maximum Gasteiger partial charge on any atom is 0.329 e. The number of nitrogens with zero attached hydrogens (tertiary/aromatic N) is 9. The lowest BCUT2D eigenvalue weighted by atomic mass is 9.79. The molecule has 3 fully saturated rings. The van der Waals surface area contributed by atoms with E-state index in [9.17, 15) is 28.0 Å². The standard InChI is InChI=1S/C36H41F2N11O4/c1-20-15-39-33-24(16-40-48(33)17-20)34(51)41-25-19-47(43-30(25)32(37)38)23-13-21(14-23)18-44(2)22-9-11-46(12-10-22)26-5-4-6-27-31(26)45(3)36(53)49(27)28-7-8-29(50)42-35(28)52/h4-6,15-17,19,21-23,28,32H,7-14,18H2,1-3H3,(H,41,51)(H,42,50,52)/t21-,23-,28?. The number of imide groups is 1. The highest BCUT2D eigenvalue weighted by Crippen LogP contribution is 2.40. The zero-order valence-electron chi connectivity index (χ0n) is 29.7. The number of aryl methyl sites for hydroxylation is 2. The lowest BCUT2D eigenvalue weighted by Crippen LogP contribution is -2.46. The first-order valence-corrected chi connectivity index (χ1v) is 17.9. The van der Waals surface area contributed by atoms with Gasteiger partial charge < -0.3 is 15.1 Å². The van der Waals surface area contributed by atoms with E-state index >= 15 is 0 Å². The van der Waals surface area contributed by atoms with Crippen molar-refractivity contribution in [1.29, 1.82) is 0 Å². The molecule has 3 amide bonds. The van der Waals surface area contributed by atoms with Crippen molar-refractivity contribution >= 4 is 45.8 Å². The second kappa shape index (κ2) is 13.5. The van der Waals surface area contributed by atoms with Crippen LogP contribution in [0.4, 0.5) is 20.2 Å². The molecule has 5 aromatic rings. The molecule has 0 spiro atoms. The quantitative estimate of drug-likeness (QED) is 0.217. The molecule has 278 valence electrons. The van der Waals surface area contributed by atoms with Crippen LogP contribution in [0.15, 0.2) is 47.8 Å². The second-order valence-electron chi connectivity index (χ2n) is 14.6. The summed E-state index contributed by atoms with van der Waals surface area (Å²) in [5.41, 5.74) is 3.01. The fourth-order valence-electron chi connectivity index (χ4n) is 8.24. The highest BCUT2D eigenvalue weighted by atomic mass is 19.3. The number of fused-ring (bicyclic) bond motifs is 2. The highest BCUT2D eigenvalue weighted by Gasteiger charge is 2.36. The summed E-state index contributed by atoms with van der Waals surface area (Å²) >= 11 is 0. The van der Waals surface area contributed by atoms with Crippen molar-refractivity contribution in [3.05, 3.63) is 70.3 Å². The number of hydrogen-bond acceptors (Lipinski definition) is 9. The molecular weight excluding hydrogens is 688 g/mol. The fraction of sp³-hybridized carbons (Fsp3) is 0.472. The van der Waals surface area contributed by atoms with Crippen molar-refractivity contribution in [2.75, 3.05) is 36.9 Å². The fourth-order valence-corrected chi connectivity index (χ4v) is 8.24. The summed E-state index contributed by atoms with van der Waals surface area (Å²) in [5.74, 6) is -0.975. The van der Waals surface area contributed by atoms with Gasteiger partial charge in [0.05, 0.1) is 34.6 Å². The summed E-state index contributed by atoms with van der Waals surface area (Å²) in [5, 5.41) is 13.3. The van der Waals surface area contributed by atoms with Crippen molar-refractivity contribution in [3.63, 3.8) is 0 Å². The number of piperidine rings is 2. The van der Waals surface area contributed by atoms with Gasteiger partial charge in [-0.2, -0.15) is 10.2 Å². The molecule has 15 nitrogen and oxygen atoms in total. The molecule has 2 N–H and O–H groups in total. The van der Waals surface area contributed by atoms with Crippen LogP contribution in [0.2, 0.25) is 0 Å². The number of halogens is 2. The summed E-state index contributed by atoms with van der Waals surface area (Å²) in [6.45, 7) is 4.31. The van der Waals surface area contributed by atoms with E-state index in [4.69, 9.17) is 0 Å². The van der Waals surface area contributed by atoms with E-state index in [2.05, 4.69) is 42.7 Å². The van der Waals surface area contributed by atoms with Crippen LogP contribution < -0.4 is 21.2 Å². The third-order valence-electron chi connectivity index (χ3n) is 11.1. The van der Waals surface area contributed by atoms with E-state index in [1.54, 1.807) is 28.7 Å². The van der Waals surface area contributed by atoms with Crippen LogP contribution in [-0.2, 0) is 16.6 Å². The first-order valence-electron chi connectivity index (χ1n) is 17.9. The van der Waals surface area contributed by atoms with Gasteiger partial charge in [0.15, 0.2) is 11.3 Å². The highest BCUT2D eigenvalue weighted by molar-refractivity contribution is 6.08. The first kappa shape index (κ1) is 34.6. The molecule has 1 aromatic carbocycles. The molecule has 6 heterocycles. The number of benzene rings is 1. The molecule has 1 unspecified atom stereocenters. The number of rotatable bonds is 9. The minimum absolute atomic E-state index is 0.0212. The van der Waals surface area contributed by atoms with Gasteiger partial charge in [0.2, 0.25) is 11.8 Å². The predicted octanol–water partition coefficient (Wildman–Crippen LogP) is 3.61. The van der Waals surface area contributed by atoms with Crippen LogP contribution in [0, 0.1) is 12.8 Å². The van der Waals surface area contributed by atoms with Crippen LogP contribution in [0.5, 0.6) is 0 Å². The average molecular weight is 730 g/mol. The number of imidazole rings is 1. The van der Waals surface area contributed by atoms with E-state index in [0.717, 1.165) is 62.1 Å². The molecular formula is C36H41F2N11O4. The molecule has 0 bridgehead atoms. The van der Waals surface area contributed by atoms with Crippen molar-refractivity contribution in [2.45, 2.75) is 70.0 Å². The molecule has 1 atom stereocenters. The van der Waals surface area contributed by atoms with Gasteiger partial charge in [-0.05, 0) is 69.7 Å². The molecule has 4 aromatic heterocycles. The van der Waals surface area contributed by atoms with Crippen molar-refractivity contribution in [1.82, 2.24) is 43.7 Å². The van der Waals surface area contributed by atoms with E-state index in [-0.39, 0.29) is 41.7 Å². The lowest BCUT2D eigenvalue weighted by molar-refractivity contribution is -0.135. The van der Waals surface area contributed by atoms with Gasteiger partial charge in [0.1, 0.15) is 11.6 Å². The Balaban J connectivity index is 0.877. The van der Waals surface area contributed by atoms with Crippen molar-refractivity contribution in [3.8, 4) is 0 Å². The zero-order valence-corrected chi connectivity index (χ0v) is 29.7. The van der Waals surface area contributed by atoms with Crippen LogP contribution in [0.3, 0.4) is 0 Å². The summed E-state index contributed by atoms with van der Waals surface area (Å²) in [6.07, 6.45) is 7.26. The Labute approximate surface area is 302 Å². The monoisotopic (exact) mass is 729 g/mol.